The van der Waals surface area contributed by atoms with E-state index in [1.54, 1.807) is 4.31 Å². The summed E-state index contributed by atoms with van der Waals surface area (Å²) in [6, 6.07) is 0.308. The van der Waals surface area contributed by atoms with Gasteiger partial charge in [-0.15, -0.1) is 0 Å². The van der Waals surface area contributed by atoms with E-state index in [1.165, 1.54) is 0 Å². The van der Waals surface area contributed by atoms with Crippen LogP contribution in [0.3, 0.4) is 0 Å². The number of nitrogens with one attached hydrogen (secondary N) is 1. The van der Waals surface area contributed by atoms with Crippen molar-refractivity contribution in [1.29, 1.82) is 0 Å². The minimum absolute atomic E-state index is 0.146. The quantitative estimate of drug-likeness (QED) is 0.847. The Hall–Kier alpha value is -0.130. The molecular weight excluding hydrogens is 248 g/mol. The van der Waals surface area contributed by atoms with Crippen molar-refractivity contribution in [2.45, 2.75) is 52.1 Å². The molecule has 18 heavy (non-hydrogen) atoms. The fraction of sp³-hybridized carbons (Fsp3) is 1.00. The lowest BCUT2D eigenvalue weighted by Crippen LogP contribution is -2.51. The maximum absolute atomic E-state index is 12.5. The van der Waals surface area contributed by atoms with E-state index < -0.39 is 10.0 Å². The molecule has 0 aromatic heterocycles. The molecule has 4 unspecified atom stereocenters. The molecule has 0 amide bonds. The topological polar surface area (TPSA) is 49.4 Å². The van der Waals surface area contributed by atoms with Crippen molar-refractivity contribution in [2.24, 2.45) is 11.8 Å². The third kappa shape index (κ3) is 3.06. The first-order valence-corrected chi connectivity index (χ1v) is 8.74. The Labute approximate surface area is 111 Å². The van der Waals surface area contributed by atoms with Crippen molar-refractivity contribution in [3.8, 4) is 0 Å². The van der Waals surface area contributed by atoms with Crippen LogP contribution in [-0.2, 0) is 10.0 Å². The van der Waals surface area contributed by atoms with Gasteiger partial charge in [0.05, 0.1) is 5.75 Å². The lowest BCUT2D eigenvalue weighted by Gasteiger charge is -2.40. The Morgan fingerprint density at radius 3 is 2.61 bits per heavy atom. The molecule has 4 nitrogen and oxygen atoms in total. The molecule has 2 fully saturated rings. The smallest absolute Gasteiger partial charge is 0.215 e. The second-order valence-electron chi connectivity index (χ2n) is 6.20. The van der Waals surface area contributed by atoms with Crippen LogP contribution >= 0.6 is 0 Å². The van der Waals surface area contributed by atoms with E-state index in [0.29, 0.717) is 18.4 Å². The Kier molecular flexibility index (Phi) is 4.34. The van der Waals surface area contributed by atoms with E-state index in [-0.39, 0.29) is 17.8 Å². The molecule has 2 saturated heterocycles. The highest BCUT2D eigenvalue weighted by Gasteiger charge is 2.37. The maximum Gasteiger partial charge on any atom is 0.215 e. The van der Waals surface area contributed by atoms with Crippen molar-refractivity contribution >= 4 is 10.0 Å². The van der Waals surface area contributed by atoms with Gasteiger partial charge in [0.1, 0.15) is 0 Å². The first-order valence-electron chi connectivity index (χ1n) is 7.13. The monoisotopic (exact) mass is 274 g/mol. The highest BCUT2D eigenvalue weighted by Crippen LogP contribution is 2.29. The Bertz CT molecular complexity index is 376. The third-order valence-corrected chi connectivity index (χ3v) is 6.49. The molecular formula is C13H26N2O2S. The molecule has 0 aliphatic carbocycles. The molecule has 2 rings (SSSR count). The summed E-state index contributed by atoms with van der Waals surface area (Å²) in [4.78, 5) is 0. The Morgan fingerprint density at radius 2 is 2.00 bits per heavy atom. The van der Waals surface area contributed by atoms with E-state index in [0.717, 1.165) is 25.8 Å². The number of hydrogen-bond donors (Lipinski definition) is 1. The third-order valence-electron chi connectivity index (χ3n) is 4.48. The molecule has 0 aromatic rings. The first kappa shape index (κ1) is 14.3. The summed E-state index contributed by atoms with van der Waals surface area (Å²) in [5, 5.41) is 3.28. The predicted octanol–water partition coefficient (Wildman–Crippen LogP) is 1.43. The molecule has 0 bridgehead atoms. The van der Waals surface area contributed by atoms with Gasteiger partial charge in [-0.1, -0.05) is 13.8 Å². The zero-order valence-electron chi connectivity index (χ0n) is 11.7. The largest absolute Gasteiger partial charge is 0.313 e. The molecule has 0 radical (unpaired) electrons. The highest BCUT2D eigenvalue weighted by molar-refractivity contribution is 7.89. The van der Waals surface area contributed by atoms with Crippen LogP contribution in [0.5, 0.6) is 0 Å². The second kappa shape index (κ2) is 5.47. The standard InChI is InChI=1S/C13H26N2O2S/c1-10-7-11(2)12(3)15(8-10)18(16,17)9-13-5-4-6-14-13/h10-14H,4-9H2,1-3H3. The number of nitrogens with zero attached hydrogens (tertiary/aromatic N) is 1. The maximum atomic E-state index is 12.5. The van der Waals surface area contributed by atoms with Crippen LogP contribution in [0.15, 0.2) is 0 Å². The fourth-order valence-corrected chi connectivity index (χ4v) is 5.46. The average Bonchev–Trinajstić information content (AvgIpc) is 2.75. The van der Waals surface area contributed by atoms with Gasteiger partial charge in [-0.2, -0.15) is 4.31 Å². The van der Waals surface area contributed by atoms with Crippen molar-refractivity contribution in [1.82, 2.24) is 9.62 Å². The van der Waals surface area contributed by atoms with Crippen molar-refractivity contribution in [2.75, 3.05) is 18.8 Å². The average molecular weight is 274 g/mol. The van der Waals surface area contributed by atoms with Gasteiger partial charge < -0.3 is 5.32 Å². The van der Waals surface area contributed by atoms with Crippen LogP contribution in [-0.4, -0.2) is 43.6 Å². The van der Waals surface area contributed by atoms with E-state index in [1.807, 2.05) is 0 Å². The molecule has 1 N–H and O–H groups in total. The van der Waals surface area contributed by atoms with Gasteiger partial charge >= 0.3 is 0 Å². The van der Waals surface area contributed by atoms with Gasteiger partial charge in [0.15, 0.2) is 0 Å². The molecule has 0 aromatic carbocycles. The lowest BCUT2D eigenvalue weighted by molar-refractivity contribution is 0.157. The minimum Gasteiger partial charge on any atom is -0.313 e. The van der Waals surface area contributed by atoms with Crippen LogP contribution in [0, 0.1) is 11.8 Å². The van der Waals surface area contributed by atoms with Gasteiger partial charge in [-0.25, -0.2) is 8.42 Å². The molecule has 4 atom stereocenters. The van der Waals surface area contributed by atoms with E-state index in [4.69, 9.17) is 0 Å². The predicted molar refractivity (Wildman–Crippen MR) is 73.9 cm³/mol. The summed E-state index contributed by atoms with van der Waals surface area (Å²) in [6.45, 7) is 8.02. The normalized spacial score (nSPS) is 39.1. The Morgan fingerprint density at radius 1 is 1.28 bits per heavy atom. The van der Waals surface area contributed by atoms with Gasteiger partial charge in [0.2, 0.25) is 10.0 Å². The van der Waals surface area contributed by atoms with Gasteiger partial charge in [0, 0.05) is 18.6 Å². The van der Waals surface area contributed by atoms with E-state index in [9.17, 15) is 8.42 Å². The summed E-state index contributed by atoms with van der Waals surface area (Å²) >= 11 is 0. The van der Waals surface area contributed by atoms with Gasteiger partial charge in [-0.05, 0) is 44.6 Å². The molecule has 2 aliphatic rings. The number of sulfonamides is 1. The van der Waals surface area contributed by atoms with Crippen LogP contribution in [0.25, 0.3) is 0 Å². The van der Waals surface area contributed by atoms with Crippen LogP contribution in [0.4, 0.5) is 0 Å². The zero-order chi connectivity index (χ0) is 13.3. The molecule has 2 aliphatic heterocycles. The van der Waals surface area contributed by atoms with Crippen molar-refractivity contribution < 1.29 is 8.42 Å². The Balaban J connectivity index is 2.07. The number of piperidine rings is 1. The summed E-state index contributed by atoms with van der Waals surface area (Å²) in [7, 11) is -3.11. The van der Waals surface area contributed by atoms with E-state index >= 15 is 0 Å². The molecule has 0 spiro atoms. The van der Waals surface area contributed by atoms with Gasteiger partial charge in [0.25, 0.3) is 0 Å². The zero-order valence-corrected chi connectivity index (χ0v) is 12.5. The summed E-state index contributed by atoms with van der Waals surface area (Å²) in [5.74, 6) is 1.21. The molecule has 2 heterocycles. The molecule has 0 saturated carbocycles. The van der Waals surface area contributed by atoms with Crippen LogP contribution < -0.4 is 5.32 Å². The SMILES string of the molecule is CC1CC(C)C(C)N(S(=O)(=O)CC2CCCN2)C1. The fourth-order valence-electron chi connectivity index (χ4n) is 3.28. The summed E-state index contributed by atoms with van der Waals surface area (Å²) in [5.41, 5.74) is 0. The summed E-state index contributed by atoms with van der Waals surface area (Å²) in [6.07, 6.45) is 3.23. The van der Waals surface area contributed by atoms with Crippen LogP contribution in [0.1, 0.15) is 40.0 Å². The highest BCUT2D eigenvalue weighted by atomic mass is 32.2. The number of hydrogen-bond acceptors (Lipinski definition) is 3. The van der Waals surface area contributed by atoms with Crippen LogP contribution in [0.2, 0.25) is 0 Å². The second-order valence-corrected chi connectivity index (χ2v) is 8.17. The molecule has 5 heteroatoms. The number of rotatable bonds is 3. The summed E-state index contributed by atoms with van der Waals surface area (Å²) < 4.78 is 26.8. The van der Waals surface area contributed by atoms with Crippen molar-refractivity contribution in [3.05, 3.63) is 0 Å². The van der Waals surface area contributed by atoms with E-state index in [2.05, 4.69) is 26.1 Å². The molecule has 106 valence electrons. The lowest BCUT2D eigenvalue weighted by atomic mass is 9.88. The van der Waals surface area contributed by atoms with Crippen molar-refractivity contribution in [3.63, 3.8) is 0 Å². The minimum atomic E-state index is -3.11. The van der Waals surface area contributed by atoms with Gasteiger partial charge in [-0.3, -0.25) is 0 Å². The first-order chi connectivity index (χ1) is 8.40.